The molecule has 2 aliphatic rings. The highest BCUT2D eigenvalue weighted by Crippen LogP contribution is 2.34. The molecule has 3 aromatic rings. The lowest BCUT2D eigenvalue weighted by Gasteiger charge is -2.26. The highest BCUT2D eigenvalue weighted by molar-refractivity contribution is 5.99. The van der Waals surface area contributed by atoms with Crippen LogP contribution in [0.15, 0.2) is 30.6 Å². The van der Waals surface area contributed by atoms with E-state index in [4.69, 9.17) is 14.5 Å². The molecule has 1 N–H and O–H groups in total. The van der Waals surface area contributed by atoms with Crippen molar-refractivity contribution in [3.05, 3.63) is 47.5 Å². The largest absolute Gasteiger partial charge is 0.489 e. The van der Waals surface area contributed by atoms with Gasteiger partial charge in [0.2, 0.25) is 0 Å². The van der Waals surface area contributed by atoms with Crippen LogP contribution in [-0.4, -0.2) is 46.3 Å². The average molecular weight is 411 g/mol. The van der Waals surface area contributed by atoms with Crippen LogP contribution >= 0.6 is 0 Å². The maximum Gasteiger partial charge on any atom is 0.256 e. The molecule has 8 nitrogen and oxygen atoms in total. The fourth-order valence-corrected chi connectivity index (χ4v) is 3.84. The molecular formula is C21H22FN5O3. The van der Waals surface area contributed by atoms with Gasteiger partial charge in [0.1, 0.15) is 23.2 Å². The maximum absolute atomic E-state index is 14.1. The van der Waals surface area contributed by atoms with Gasteiger partial charge in [-0.1, -0.05) is 6.92 Å². The quantitative estimate of drug-likeness (QED) is 0.612. The first kappa shape index (κ1) is 18.7. The van der Waals surface area contributed by atoms with E-state index in [1.54, 1.807) is 16.8 Å². The van der Waals surface area contributed by atoms with E-state index in [1.165, 1.54) is 18.3 Å². The van der Waals surface area contributed by atoms with Crippen LogP contribution in [0.1, 0.15) is 29.8 Å². The lowest BCUT2D eigenvalue weighted by molar-refractivity contribution is 0.0933. The number of amides is 1. The molecule has 5 rings (SSSR count). The third kappa shape index (κ3) is 3.30. The predicted molar refractivity (Wildman–Crippen MR) is 108 cm³/mol. The first-order valence-corrected chi connectivity index (χ1v) is 9.97. The number of hydrogen-bond donors (Lipinski definition) is 1. The molecule has 30 heavy (non-hydrogen) atoms. The van der Waals surface area contributed by atoms with Gasteiger partial charge in [-0.15, -0.1) is 0 Å². The number of anilines is 1. The lowest BCUT2D eigenvalue weighted by atomic mass is 10.1. The fraction of sp³-hybridized carbons (Fsp3) is 0.381. The van der Waals surface area contributed by atoms with Crippen LogP contribution in [0.5, 0.6) is 11.5 Å². The average Bonchev–Trinajstić information content (AvgIpc) is 3.06. The van der Waals surface area contributed by atoms with E-state index >= 15 is 0 Å². The second-order valence-electron chi connectivity index (χ2n) is 7.94. The topological polar surface area (TPSA) is 81.0 Å². The van der Waals surface area contributed by atoms with E-state index in [-0.39, 0.29) is 23.7 Å². The van der Waals surface area contributed by atoms with Gasteiger partial charge in [-0.05, 0) is 25.1 Å². The summed E-state index contributed by atoms with van der Waals surface area (Å²) in [6.07, 6.45) is 2.94. The first-order valence-electron chi connectivity index (χ1n) is 9.97. The Morgan fingerprint density at radius 3 is 3.00 bits per heavy atom. The Kier molecular flexibility index (Phi) is 4.45. The van der Waals surface area contributed by atoms with Crippen LogP contribution in [0, 0.1) is 11.7 Å². The first-order chi connectivity index (χ1) is 14.5. The smallest absolute Gasteiger partial charge is 0.256 e. The van der Waals surface area contributed by atoms with Gasteiger partial charge in [-0.3, -0.25) is 4.79 Å². The van der Waals surface area contributed by atoms with Gasteiger partial charge in [0.15, 0.2) is 17.2 Å². The predicted octanol–water partition coefficient (Wildman–Crippen LogP) is 2.41. The summed E-state index contributed by atoms with van der Waals surface area (Å²) in [5, 5.41) is 7.14. The lowest BCUT2D eigenvalue weighted by Crippen LogP contribution is -2.33. The van der Waals surface area contributed by atoms with Gasteiger partial charge in [-0.2, -0.15) is 5.10 Å². The van der Waals surface area contributed by atoms with E-state index in [2.05, 4.69) is 17.3 Å². The standard InChI is InChI=1S/C21H22FN5O3/c1-12-8-26-9-14-5-15(22)3-4-17(14)30-13(2)6-23-21(28)16-7-24-27-10-18(29-11-12)20(26)25-19(16)27/h3-5,7,10,12-13H,6,8-9,11H2,1-2H3,(H,23,28)/t12-,13-/m0/s1. The summed E-state index contributed by atoms with van der Waals surface area (Å²) in [6.45, 7) is 5.82. The molecule has 0 aliphatic carbocycles. The number of fused-ring (bicyclic) bond motifs is 1. The number of rotatable bonds is 0. The minimum atomic E-state index is -0.330. The van der Waals surface area contributed by atoms with Crippen molar-refractivity contribution in [1.82, 2.24) is 19.9 Å². The minimum Gasteiger partial charge on any atom is -0.489 e. The number of ether oxygens (including phenoxy) is 2. The van der Waals surface area contributed by atoms with Gasteiger partial charge in [0, 0.05) is 24.6 Å². The monoisotopic (exact) mass is 411 g/mol. The van der Waals surface area contributed by atoms with Gasteiger partial charge in [0.05, 0.1) is 25.5 Å². The van der Waals surface area contributed by atoms with E-state index in [9.17, 15) is 9.18 Å². The second kappa shape index (κ2) is 7.16. The van der Waals surface area contributed by atoms with Gasteiger partial charge in [-0.25, -0.2) is 13.9 Å². The third-order valence-electron chi connectivity index (χ3n) is 5.30. The Morgan fingerprint density at radius 1 is 1.27 bits per heavy atom. The molecule has 0 saturated carbocycles. The third-order valence-corrected chi connectivity index (χ3v) is 5.30. The van der Waals surface area contributed by atoms with Gasteiger partial charge >= 0.3 is 0 Å². The summed E-state index contributed by atoms with van der Waals surface area (Å²) >= 11 is 0. The van der Waals surface area contributed by atoms with Crippen molar-refractivity contribution >= 4 is 17.4 Å². The zero-order valence-electron chi connectivity index (χ0n) is 16.8. The molecule has 1 aromatic carbocycles. The fourth-order valence-electron chi connectivity index (χ4n) is 3.84. The molecular weight excluding hydrogens is 389 g/mol. The second-order valence-corrected chi connectivity index (χ2v) is 7.94. The molecule has 2 aliphatic heterocycles. The molecule has 0 radical (unpaired) electrons. The summed E-state index contributed by atoms with van der Waals surface area (Å²) in [6, 6.07) is 4.50. The van der Waals surface area contributed by atoms with Crippen LogP contribution in [0.3, 0.4) is 0 Å². The molecule has 2 aromatic heterocycles. The van der Waals surface area contributed by atoms with Crippen molar-refractivity contribution in [3.8, 4) is 11.5 Å². The number of nitrogens with one attached hydrogen (secondary N) is 1. The van der Waals surface area contributed by atoms with Crippen molar-refractivity contribution in [2.45, 2.75) is 26.5 Å². The number of carbonyl (C=O) groups excluding carboxylic acids is 1. The summed E-state index contributed by atoms with van der Waals surface area (Å²) in [5.41, 5.74) is 1.54. The van der Waals surface area contributed by atoms with Gasteiger partial charge in [0.25, 0.3) is 5.91 Å². The molecule has 1 amide bonds. The van der Waals surface area contributed by atoms with Crippen LogP contribution in [-0.2, 0) is 6.54 Å². The number of nitrogens with zero attached hydrogens (tertiary/aromatic N) is 4. The van der Waals surface area contributed by atoms with Crippen molar-refractivity contribution in [2.24, 2.45) is 5.92 Å². The molecule has 9 heteroatoms. The summed E-state index contributed by atoms with van der Waals surface area (Å²) < 4.78 is 27.7. The van der Waals surface area contributed by atoms with E-state index in [1.807, 2.05) is 11.8 Å². The number of carbonyl (C=O) groups is 1. The number of halogens is 1. The molecule has 4 heterocycles. The number of aromatic nitrogens is 3. The van der Waals surface area contributed by atoms with Crippen LogP contribution in [0.4, 0.5) is 10.2 Å². The van der Waals surface area contributed by atoms with Crippen LogP contribution in [0.2, 0.25) is 0 Å². The zero-order chi connectivity index (χ0) is 20.8. The number of benzene rings is 1. The zero-order valence-corrected chi connectivity index (χ0v) is 16.8. The van der Waals surface area contributed by atoms with Crippen LogP contribution < -0.4 is 19.7 Å². The highest BCUT2D eigenvalue weighted by atomic mass is 19.1. The molecule has 2 atom stereocenters. The molecule has 0 fully saturated rings. The molecule has 0 spiro atoms. The van der Waals surface area contributed by atoms with Crippen molar-refractivity contribution in [3.63, 3.8) is 0 Å². The summed E-state index contributed by atoms with van der Waals surface area (Å²) in [5.74, 6) is 1.37. The van der Waals surface area contributed by atoms with Gasteiger partial charge < -0.3 is 19.7 Å². The van der Waals surface area contributed by atoms with Crippen molar-refractivity contribution in [1.29, 1.82) is 0 Å². The SMILES string of the molecule is C[C@@H]1COc2cn3ncc4c3nc2N(Cc2cc(F)ccc2O[C@@H](C)CNC4=O)C1. The minimum absolute atomic E-state index is 0.224. The van der Waals surface area contributed by atoms with Crippen molar-refractivity contribution < 1.29 is 18.7 Å². The summed E-state index contributed by atoms with van der Waals surface area (Å²) in [7, 11) is 0. The van der Waals surface area contributed by atoms with E-state index < -0.39 is 0 Å². The Bertz CT molecular complexity index is 1130. The maximum atomic E-state index is 14.1. The Balaban J connectivity index is 1.70. The molecule has 0 unspecified atom stereocenters. The molecule has 0 saturated heterocycles. The number of hydrogen-bond acceptors (Lipinski definition) is 6. The molecule has 2 bridgehead atoms. The highest BCUT2D eigenvalue weighted by Gasteiger charge is 2.27. The van der Waals surface area contributed by atoms with E-state index in [0.717, 1.165) is 0 Å². The van der Waals surface area contributed by atoms with Crippen LogP contribution in [0.25, 0.3) is 5.65 Å². The Labute approximate surface area is 172 Å². The van der Waals surface area contributed by atoms with Crippen molar-refractivity contribution in [2.75, 3.05) is 24.6 Å². The molecule has 156 valence electrons. The van der Waals surface area contributed by atoms with E-state index in [0.29, 0.717) is 60.3 Å². The normalized spacial score (nSPS) is 21.4. The Hall–Kier alpha value is -3.36. The Morgan fingerprint density at radius 2 is 2.13 bits per heavy atom. The summed E-state index contributed by atoms with van der Waals surface area (Å²) in [4.78, 5) is 19.5.